The van der Waals surface area contributed by atoms with Gasteiger partial charge in [-0.25, -0.2) is 4.79 Å². The minimum Gasteiger partial charge on any atom is -0.497 e. The summed E-state index contributed by atoms with van der Waals surface area (Å²) in [6, 6.07) is 7.00. The summed E-state index contributed by atoms with van der Waals surface area (Å²) in [6.45, 7) is 0. The van der Waals surface area contributed by atoms with E-state index in [9.17, 15) is 4.79 Å². The Bertz CT molecular complexity index is 904. The van der Waals surface area contributed by atoms with Gasteiger partial charge in [-0.15, -0.1) is 10.2 Å². The monoisotopic (exact) mass is 376 g/mol. The number of furan rings is 1. The van der Waals surface area contributed by atoms with Crippen LogP contribution in [0.4, 0.5) is 0 Å². The highest BCUT2D eigenvalue weighted by atomic mass is 32.2. The fourth-order valence-electron chi connectivity index (χ4n) is 2.21. The Labute approximate surface area is 153 Å². The molecule has 9 heteroatoms. The molecular weight excluding hydrogens is 360 g/mol. The van der Waals surface area contributed by atoms with Gasteiger partial charge >= 0.3 is 5.97 Å². The first-order valence-corrected chi connectivity index (χ1v) is 8.48. The molecule has 0 amide bonds. The van der Waals surface area contributed by atoms with Crippen LogP contribution in [0.2, 0.25) is 0 Å². The van der Waals surface area contributed by atoms with Gasteiger partial charge in [0.2, 0.25) is 5.76 Å². The lowest BCUT2D eigenvalue weighted by Crippen LogP contribution is -2.02. The van der Waals surface area contributed by atoms with Gasteiger partial charge in [-0.1, -0.05) is 11.8 Å². The molecule has 136 valence electrons. The molecule has 0 atom stereocenters. The van der Waals surface area contributed by atoms with Crippen molar-refractivity contribution < 1.29 is 27.8 Å². The highest BCUT2D eigenvalue weighted by Gasteiger charge is 2.18. The van der Waals surface area contributed by atoms with Gasteiger partial charge in [0.15, 0.2) is 0 Å². The summed E-state index contributed by atoms with van der Waals surface area (Å²) in [7, 11) is 4.43. The second-order valence-electron chi connectivity index (χ2n) is 4.99. The third kappa shape index (κ3) is 3.67. The number of hydrogen-bond donors (Lipinski definition) is 0. The Balaban J connectivity index is 1.75. The zero-order valence-corrected chi connectivity index (χ0v) is 15.2. The molecule has 3 rings (SSSR count). The summed E-state index contributed by atoms with van der Waals surface area (Å²) in [5.74, 6) is 1.61. The third-order valence-electron chi connectivity index (χ3n) is 3.51. The number of carbonyl (C=O) groups is 1. The molecule has 0 aliphatic heterocycles. The SMILES string of the molecule is COC(=O)c1occc1CSc1nnc(-c2ccc(OC)cc2OC)o1. The van der Waals surface area contributed by atoms with Crippen LogP contribution in [0.1, 0.15) is 16.1 Å². The summed E-state index contributed by atoms with van der Waals surface area (Å²) in [5, 5.41) is 8.42. The molecule has 26 heavy (non-hydrogen) atoms. The van der Waals surface area contributed by atoms with Gasteiger partial charge in [0.05, 0.1) is 33.2 Å². The van der Waals surface area contributed by atoms with E-state index >= 15 is 0 Å². The maximum atomic E-state index is 11.6. The van der Waals surface area contributed by atoms with E-state index in [0.29, 0.717) is 39.5 Å². The number of nitrogens with zero attached hydrogens (tertiary/aromatic N) is 2. The predicted octanol–water partition coefficient (Wildman–Crippen LogP) is 3.43. The zero-order chi connectivity index (χ0) is 18.5. The second-order valence-corrected chi connectivity index (χ2v) is 5.92. The van der Waals surface area contributed by atoms with E-state index in [1.807, 2.05) is 0 Å². The Morgan fingerprint density at radius 2 is 2.00 bits per heavy atom. The molecule has 1 aromatic carbocycles. The van der Waals surface area contributed by atoms with Crippen molar-refractivity contribution >= 4 is 17.7 Å². The number of benzene rings is 1. The quantitative estimate of drug-likeness (QED) is 0.454. The van der Waals surface area contributed by atoms with Crippen LogP contribution in [-0.4, -0.2) is 37.5 Å². The predicted molar refractivity (Wildman–Crippen MR) is 92.4 cm³/mol. The number of aromatic nitrogens is 2. The number of hydrogen-bond acceptors (Lipinski definition) is 9. The number of carbonyl (C=O) groups excluding carboxylic acids is 1. The highest BCUT2D eigenvalue weighted by molar-refractivity contribution is 7.98. The fourth-order valence-corrected chi connectivity index (χ4v) is 2.96. The van der Waals surface area contributed by atoms with Gasteiger partial charge in [0.25, 0.3) is 11.1 Å². The summed E-state index contributed by atoms with van der Waals surface area (Å²) in [4.78, 5) is 11.6. The molecular formula is C17H16N2O6S. The van der Waals surface area contributed by atoms with Crippen molar-refractivity contribution in [3.05, 3.63) is 41.9 Å². The van der Waals surface area contributed by atoms with E-state index in [0.717, 1.165) is 0 Å². The van der Waals surface area contributed by atoms with Gasteiger partial charge in [0, 0.05) is 17.4 Å². The van der Waals surface area contributed by atoms with E-state index in [-0.39, 0.29) is 5.76 Å². The van der Waals surface area contributed by atoms with Crippen LogP contribution in [0.15, 0.2) is 44.6 Å². The normalized spacial score (nSPS) is 10.6. The van der Waals surface area contributed by atoms with Crippen LogP contribution in [0.3, 0.4) is 0 Å². The van der Waals surface area contributed by atoms with Crippen molar-refractivity contribution in [1.29, 1.82) is 0 Å². The summed E-state index contributed by atoms with van der Waals surface area (Å²) in [6.07, 6.45) is 1.43. The largest absolute Gasteiger partial charge is 0.497 e. The Hall–Kier alpha value is -2.94. The summed E-state index contributed by atoms with van der Waals surface area (Å²) < 4.78 is 26.0. The zero-order valence-electron chi connectivity index (χ0n) is 14.3. The maximum absolute atomic E-state index is 11.6. The van der Waals surface area contributed by atoms with Crippen LogP contribution in [-0.2, 0) is 10.5 Å². The Morgan fingerprint density at radius 3 is 2.73 bits per heavy atom. The molecule has 0 fully saturated rings. The van der Waals surface area contributed by atoms with E-state index in [1.165, 1.54) is 25.1 Å². The van der Waals surface area contributed by atoms with E-state index in [2.05, 4.69) is 14.9 Å². The van der Waals surface area contributed by atoms with Gasteiger partial charge in [-0.05, 0) is 18.2 Å². The highest BCUT2D eigenvalue weighted by Crippen LogP contribution is 2.34. The topological polar surface area (TPSA) is 96.8 Å². The molecule has 0 aliphatic carbocycles. The van der Waals surface area contributed by atoms with E-state index in [4.69, 9.17) is 18.3 Å². The minimum absolute atomic E-state index is 0.163. The minimum atomic E-state index is -0.528. The van der Waals surface area contributed by atoms with Crippen molar-refractivity contribution in [3.63, 3.8) is 0 Å². The molecule has 0 aliphatic rings. The number of thioether (sulfide) groups is 1. The van der Waals surface area contributed by atoms with Gasteiger partial charge in [0.1, 0.15) is 11.5 Å². The number of ether oxygens (including phenoxy) is 3. The van der Waals surface area contributed by atoms with Gasteiger partial charge in [-0.2, -0.15) is 0 Å². The maximum Gasteiger partial charge on any atom is 0.374 e. The van der Waals surface area contributed by atoms with E-state index in [1.54, 1.807) is 38.5 Å². The average molecular weight is 376 g/mol. The molecule has 0 unspecified atom stereocenters. The number of methoxy groups -OCH3 is 3. The van der Waals surface area contributed by atoms with Crippen LogP contribution in [0.5, 0.6) is 11.5 Å². The van der Waals surface area contributed by atoms with Crippen molar-refractivity contribution in [2.24, 2.45) is 0 Å². The second kappa shape index (κ2) is 7.96. The van der Waals surface area contributed by atoms with Gasteiger partial charge in [-0.3, -0.25) is 0 Å². The molecule has 8 nitrogen and oxygen atoms in total. The summed E-state index contributed by atoms with van der Waals surface area (Å²) in [5.41, 5.74) is 1.34. The van der Waals surface area contributed by atoms with Crippen molar-refractivity contribution in [1.82, 2.24) is 10.2 Å². The molecule has 0 saturated carbocycles. The molecule has 0 N–H and O–H groups in total. The lowest BCUT2D eigenvalue weighted by Gasteiger charge is -2.07. The van der Waals surface area contributed by atoms with Crippen molar-refractivity contribution in [2.45, 2.75) is 11.0 Å². The number of rotatable bonds is 7. The molecule has 2 heterocycles. The summed E-state index contributed by atoms with van der Waals surface area (Å²) >= 11 is 1.28. The van der Waals surface area contributed by atoms with Crippen LogP contribution < -0.4 is 9.47 Å². The van der Waals surface area contributed by atoms with Gasteiger partial charge < -0.3 is 23.0 Å². The lowest BCUT2D eigenvalue weighted by molar-refractivity contribution is 0.0564. The van der Waals surface area contributed by atoms with Crippen LogP contribution in [0, 0.1) is 0 Å². The van der Waals surface area contributed by atoms with Crippen LogP contribution >= 0.6 is 11.8 Å². The van der Waals surface area contributed by atoms with Crippen molar-refractivity contribution in [3.8, 4) is 23.0 Å². The molecule has 0 saturated heterocycles. The third-order valence-corrected chi connectivity index (χ3v) is 4.38. The molecule has 3 aromatic rings. The first-order valence-electron chi connectivity index (χ1n) is 7.49. The first kappa shape index (κ1) is 17.9. The standard InChI is InChI=1S/C17H16N2O6S/c1-21-11-4-5-12(13(8-11)22-2)15-18-19-17(25-15)26-9-10-6-7-24-14(10)16(20)23-3/h4-8H,9H2,1-3H3. The lowest BCUT2D eigenvalue weighted by atomic mass is 10.2. The fraction of sp³-hybridized carbons (Fsp3) is 0.235. The van der Waals surface area contributed by atoms with E-state index < -0.39 is 5.97 Å². The Kier molecular flexibility index (Phi) is 5.47. The first-order chi connectivity index (χ1) is 12.7. The average Bonchev–Trinajstić information content (AvgIpc) is 3.34. The van der Waals surface area contributed by atoms with Crippen LogP contribution in [0.25, 0.3) is 11.5 Å². The Morgan fingerprint density at radius 1 is 1.15 bits per heavy atom. The molecule has 2 aromatic heterocycles. The van der Waals surface area contributed by atoms with Crippen molar-refractivity contribution in [2.75, 3.05) is 21.3 Å². The number of esters is 1. The molecule has 0 radical (unpaired) electrons. The smallest absolute Gasteiger partial charge is 0.374 e. The molecule has 0 bridgehead atoms. The molecule has 0 spiro atoms.